The van der Waals surface area contributed by atoms with E-state index in [4.69, 9.17) is 14.6 Å². The lowest BCUT2D eigenvalue weighted by molar-refractivity contribution is -0.285. The van der Waals surface area contributed by atoms with E-state index in [2.05, 4.69) is 0 Å². The normalized spacial score (nSPS) is 32.8. The van der Waals surface area contributed by atoms with Crippen LogP contribution in [0.5, 0.6) is 11.5 Å². The Morgan fingerprint density at radius 1 is 1.17 bits per heavy atom. The van der Waals surface area contributed by atoms with Gasteiger partial charge in [0.25, 0.3) is 0 Å². The Morgan fingerprint density at radius 2 is 1.83 bits per heavy atom. The second kappa shape index (κ2) is 6.60. The zero-order valence-corrected chi connectivity index (χ0v) is 12.8. The molecule has 6 N–H and O–H groups in total. The first-order chi connectivity index (χ1) is 10.8. The molecule has 1 saturated carbocycles. The van der Waals surface area contributed by atoms with E-state index in [0.717, 1.165) is 0 Å². The number of rotatable bonds is 6. The van der Waals surface area contributed by atoms with Gasteiger partial charge in [0.05, 0.1) is 32.8 Å². The van der Waals surface area contributed by atoms with Crippen LogP contribution in [0.4, 0.5) is 0 Å². The average Bonchev–Trinajstić information content (AvgIpc) is 2.59. The van der Waals surface area contributed by atoms with E-state index in [0.29, 0.717) is 11.3 Å². The number of hydrogen-bond acceptors (Lipinski definition) is 8. The van der Waals surface area contributed by atoms with Crippen molar-refractivity contribution < 1.29 is 40.1 Å². The number of benzene rings is 1. The smallest absolute Gasteiger partial charge is 0.131 e. The Morgan fingerprint density at radius 3 is 2.35 bits per heavy atom. The van der Waals surface area contributed by atoms with Crippen molar-refractivity contribution in [2.24, 2.45) is 0 Å². The summed E-state index contributed by atoms with van der Waals surface area (Å²) in [6.07, 6.45) is -6.59. The van der Waals surface area contributed by atoms with Crippen LogP contribution in [-0.4, -0.2) is 81.5 Å². The van der Waals surface area contributed by atoms with E-state index >= 15 is 0 Å². The lowest BCUT2D eigenvalue weighted by Gasteiger charge is -2.56. The maximum Gasteiger partial charge on any atom is 0.131 e. The molecule has 1 fully saturated rings. The second-order valence-corrected chi connectivity index (χ2v) is 5.60. The zero-order chi connectivity index (χ0) is 17.4. The van der Waals surface area contributed by atoms with E-state index in [9.17, 15) is 25.5 Å². The highest BCUT2D eigenvalue weighted by atomic mass is 16.5. The molecule has 2 rings (SSSR count). The van der Waals surface area contributed by atoms with Gasteiger partial charge in [-0.3, -0.25) is 0 Å². The summed E-state index contributed by atoms with van der Waals surface area (Å²) in [7, 11) is 2.85. The molecule has 0 radical (unpaired) electrons. The monoisotopic (exact) mass is 330 g/mol. The van der Waals surface area contributed by atoms with E-state index in [1.165, 1.54) is 26.4 Å². The fraction of sp³-hybridized carbons (Fsp3) is 0.600. The lowest BCUT2D eigenvalue weighted by Crippen LogP contribution is -2.75. The van der Waals surface area contributed by atoms with Crippen molar-refractivity contribution >= 4 is 0 Å². The molecule has 0 spiro atoms. The van der Waals surface area contributed by atoms with Gasteiger partial charge >= 0.3 is 0 Å². The molecular formula is C15H22O8. The van der Waals surface area contributed by atoms with Crippen molar-refractivity contribution in [2.45, 2.75) is 35.9 Å². The number of aliphatic hydroxyl groups is 6. The van der Waals surface area contributed by atoms with Gasteiger partial charge in [0.2, 0.25) is 0 Å². The molecule has 2 unspecified atom stereocenters. The van der Waals surface area contributed by atoms with Crippen LogP contribution in [0.1, 0.15) is 11.5 Å². The highest BCUT2D eigenvalue weighted by Gasteiger charge is 2.66. The van der Waals surface area contributed by atoms with Crippen LogP contribution < -0.4 is 9.47 Å². The molecule has 6 atom stereocenters. The van der Waals surface area contributed by atoms with Gasteiger partial charge < -0.3 is 40.1 Å². The Hall–Kier alpha value is -1.42. The van der Waals surface area contributed by atoms with Crippen LogP contribution in [0.25, 0.3) is 0 Å². The molecule has 1 aliphatic carbocycles. The van der Waals surface area contributed by atoms with Crippen LogP contribution in [0, 0.1) is 0 Å². The van der Waals surface area contributed by atoms with Crippen molar-refractivity contribution in [3.63, 3.8) is 0 Å². The van der Waals surface area contributed by atoms with Gasteiger partial charge in [-0.15, -0.1) is 0 Å². The number of methoxy groups -OCH3 is 2. The van der Waals surface area contributed by atoms with Crippen LogP contribution in [0.2, 0.25) is 0 Å². The van der Waals surface area contributed by atoms with Gasteiger partial charge in [0.15, 0.2) is 0 Å². The summed E-state index contributed by atoms with van der Waals surface area (Å²) >= 11 is 0. The minimum Gasteiger partial charge on any atom is -0.497 e. The second-order valence-electron chi connectivity index (χ2n) is 5.60. The van der Waals surface area contributed by atoms with Crippen LogP contribution in [0.15, 0.2) is 18.2 Å². The average molecular weight is 330 g/mol. The molecule has 1 aliphatic rings. The largest absolute Gasteiger partial charge is 0.497 e. The van der Waals surface area contributed by atoms with Crippen LogP contribution in [0.3, 0.4) is 0 Å². The standard InChI is InChI=1S/C15H22O8/c1-22-7-3-4-8(10(5-7)23-2)11-12(18)14(20)15(11,21)13(19)9(17)6-16/h3-5,9,11-14,16-21H,6H2,1-2H3/t9-,11?,12?,13-,14+,15+/m1/s1. The summed E-state index contributed by atoms with van der Waals surface area (Å²) in [4.78, 5) is 0. The first-order valence-electron chi connectivity index (χ1n) is 7.10. The Balaban J connectivity index is 2.44. The quantitative estimate of drug-likeness (QED) is 0.351. The molecule has 23 heavy (non-hydrogen) atoms. The maximum absolute atomic E-state index is 10.7. The van der Waals surface area contributed by atoms with E-state index in [1.54, 1.807) is 6.07 Å². The Bertz CT molecular complexity index is 550. The molecule has 130 valence electrons. The number of aliphatic hydroxyl groups excluding tert-OH is 5. The number of hydrogen-bond donors (Lipinski definition) is 6. The summed E-state index contributed by atoms with van der Waals surface area (Å²) in [5.41, 5.74) is -1.90. The van der Waals surface area contributed by atoms with Gasteiger partial charge in [-0.2, -0.15) is 0 Å². The minimum absolute atomic E-state index is 0.282. The third-order valence-corrected chi connectivity index (χ3v) is 4.44. The first-order valence-corrected chi connectivity index (χ1v) is 7.10. The van der Waals surface area contributed by atoms with Crippen molar-refractivity contribution in [1.29, 1.82) is 0 Å². The topological polar surface area (TPSA) is 140 Å². The van der Waals surface area contributed by atoms with Crippen molar-refractivity contribution in [3.8, 4) is 11.5 Å². The predicted octanol–water partition coefficient (Wildman–Crippen LogP) is -2.03. The zero-order valence-electron chi connectivity index (χ0n) is 12.8. The predicted molar refractivity (Wildman–Crippen MR) is 78.3 cm³/mol. The SMILES string of the molecule is COc1ccc(C2C(O)[C@H](O)[C@@]2(O)[C@H](O)[C@H](O)CO)c(OC)c1. The summed E-state index contributed by atoms with van der Waals surface area (Å²) < 4.78 is 10.3. The first kappa shape index (κ1) is 17.9. The molecule has 0 amide bonds. The van der Waals surface area contributed by atoms with Crippen LogP contribution in [-0.2, 0) is 0 Å². The van der Waals surface area contributed by atoms with Crippen LogP contribution >= 0.6 is 0 Å². The van der Waals surface area contributed by atoms with Gasteiger partial charge in [-0.05, 0) is 6.07 Å². The molecule has 8 nitrogen and oxygen atoms in total. The lowest BCUT2D eigenvalue weighted by atomic mass is 9.58. The minimum atomic E-state index is -2.23. The molecule has 0 aromatic heterocycles. The summed E-state index contributed by atoms with van der Waals surface area (Å²) in [5, 5.41) is 59.3. The van der Waals surface area contributed by atoms with Gasteiger partial charge in [0, 0.05) is 11.6 Å². The van der Waals surface area contributed by atoms with E-state index in [1.807, 2.05) is 0 Å². The molecule has 0 saturated heterocycles. The number of ether oxygens (including phenoxy) is 2. The van der Waals surface area contributed by atoms with Crippen molar-refractivity contribution in [3.05, 3.63) is 23.8 Å². The third-order valence-electron chi connectivity index (χ3n) is 4.44. The van der Waals surface area contributed by atoms with E-state index in [-0.39, 0.29) is 5.75 Å². The highest BCUT2D eigenvalue weighted by Crippen LogP contribution is 2.51. The molecule has 8 heteroatoms. The Labute approximate surface area is 133 Å². The van der Waals surface area contributed by atoms with Crippen molar-refractivity contribution in [1.82, 2.24) is 0 Å². The summed E-state index contributed by atoms with van der Waals surface area (Å²) in [6, 6.07) is 4.63. The molecule has 0 bridgehead atoms. The molecule has 0 aliphatic heterocycles. The fourth-order valence-corrected chi connectivity index (χ4v) is 3.07. The Kier molecular flexibility index (Phi) is 5.14. The van der Waals surface area contributed by atoms with Crippen molar-refractivity contribution in [2.75, 3.05) is 20.8 Å². The molecule has 0 heterocycles. The molecule has 1 aromatic carbocycles. The maximum atomic E-state index is 10.7. The molecule has 1 aromatic rings. The summed E-state index contributed by atoms with van der Waals surface area (Å²) in [5.74, 6) is -0.349. The van der Waals surface area contributed by atoms with Gasteiger partial charge in [-0.25, -0.2) is 0 Å². The van der Waals surface area contributed by atoms with Gasteiger partial charge in [-0.1, -0.05) is 6.07 Å². The summed E-state index contributed by atoms with van der Waals surface area (Å²) in [6.45, 7) is -0.807. The van der Waals surface area contributed by atoms with Gasteiger partial charge in [0.1, 0.15) is 35.4 Å². The molecular weight excluding hydrogens is 308 g/mol. The van der Waals surface area contributed by atoms with E-state index < -0.39 is 42.5 Å². The third kappa shape index (κ3) is 2.67. The fourth-order valence-electron chi connectivity index (χ4n) is 3.07. The highest BCUT2D eigenvalue weighted by molar-refractivity contribution is 5.47.